The summed E-state index contributed by atoms with van der Waals surface area (Å²) in [6.07, 6.45) is 6.72. The standard InChI is InChI=1S/C15H21N3O/c1-3-5-7-13(6-4-2)18-15(19)14-9-8-12(10-16)11-17-14/h8-9,11,13H,3-7H2,1-2H3,(H,18,19). The Bertz CT molecular complexity index is 434. The maximum Gasteiger partial charge on any atom is 0.270 e. The molecule has 0 aromatic carbocycles. The molecule has 0 saturated carbocycles. The summed E-state index contributed by atoms with van der Waals surface area (Å²) in [6, 6.07) is 5.41. The predicted octanol–water partition coefficient (Wildman–Crippen LogP) is 3.04. The normalized spacial score (nSPS) is 11.6. The zero-order chi connectivity index (χ0) is 14.1. The molecule has 19 heavy (non-hydrogen) atoms. The van der Waals surface area contributed by atoms with Gasteiger partial charge in [0.25, 0.3) is 5.91 Å². The van der Waals surface area contributed by atoms with Crippen molar-refractivity contribution in [1.82, 2.24) is 10.3 Å². The van der Waals surface area contributed by atoms with E-state index >= 15 is 0 Å². The number of rotatable bonds is 7. The summed E-state index contributed by atoms with van der Waals surface area (Å²) in [5, 5.41) is 11.7. The zero-order valence-corrected chi connectivity index (χ0v) is 11.6. The second-order valence-electron chi connectivity index (χ2n) is 4.65. The van der Waals surface area contributed by atoms with E-state index in [4.69, 9.17) is 5.26 Å². The fraction of sp³-hybridized carbons (Fsp3) is 0.533. The van der Waals surface area contributed by atoms with Gasteiger partial charge in [0.2, 0.25) is 0 Å². The van der Waals surface area contributed by atoms with E-state index in [0.717, 1.165) is 32.1 Å². The summed E-state index contributed by atoms with van der Waals surface area (Å²) in [4.78, 5) is 16.0. The number of nitrogens with zero attached hydrogens (tertiary/aromatic N) is 2. The fourth-order valence-electron chi connectivity index (χ4n) is 1.94. The average molecular weight is 259 g/mol. The molecule has 1 heterocycles. The first-order valence-electron chi connectivity index (χ1n) is 6.88. The Balaban J connectivity index is 2.62. The highest BCUT2D eigenvalue weighted by Gasteiger charge is 2.13. The third-order valence-electron chi connectivity index (χ3n) is 3.00. The van der Waals surface area contributed by atoms with Crippen molar-refractivity contribution in [2.75, 3.05) is 0 Å². The summed E-state index contributed by atoms with van der Waals surface area (Å²) < 4.78 is 0. The average Bonchev–Trinajstić information content (AvgIpc) is 2.45. The molecular weight excluding hydrogens is 238 g/mol. The molecule has 0 aliphatic heterocycles. The highest BCUT2D eigenvalue weighted by Crippen LogP contribution is 2.08. The molecule has 1 N–H and O–H groups in total. The van der Waals surface area contributed by atoms with E-state index in [1.807, 2.05) is 6.07 Å². The summed E-state index contributed by atoms with van der Waals surface area (Å²) >= 11 is 0. The number of hydrogen-bond acceptors (Lipinski definition) is 3. The Morgan fingerprint density at radius 3 is 2.68 bits per heavy atom. The van der Waals surface area contributed by atoms with Gasteiger partial charge in [0, 0.05) is 12.2 Å². The van der Waals surface area contributed by atoms with E-state index in [1.54, 1.807) is 12.1 Å². The minimum atomic E-state index is -0.154. The number of amides is 1. The minimum absolute atomic E-state index is 0.154. The van der Waals surface area contributed by atoms with Crippen LogP contribution in [0.15, 0.2) is 18.3 Å². The number of nitriles is 1. The summed E-state index contributed by atoms with van der Waals surface area (Å²) in [5.74, 6) is -0.154. The molecule has 102 valence electrons. The molecule has 0 radical (unpaired) electrons. The van der Waals surface area contributed by atoms with Crippen molar-refractivity contribution >= 4 is 5.91 Å². The van der Waals surface area contributed by atoms with Gasteiger partial charge in [-0.2, -0.15) is 5.26 Å². The van der Waals surface area contributed by atoms with Crippen LogP contribution in [0.2, 0.25) is 0 Å². The quantitative estimate of drug-likeness (QED) is 0.818. The summed E-state index contributed by atoms with van der Waals surface area (Å²) in [5.41, 5.74) is 0.837. The summed E-state index contributed by atoms with van der Waals surface area (Å²) in [7, 11) is 0. The molecule has 1 aromatic heterocycles. The van der Waals surface area contributed by atoms with E-state index < -0.39 is 0 Å². The number of aromatic nitrogens is 1. The molecule has 1 amide bonds. The topological polar surface area (TPSA) is 65.8 Å². The molecule has 0 saturated heterocycles. The van der Waals surface area contributed by atoms with Crippen LogP contribution >= 0.6 is 0 Å². The molecule has 0 aliphatic rings. The number of hydrogen-bond donors (Lipinski definition) is 1. The minimum Gasteiger partial charge on any atom is -0.348 e. The first-order valence-corrected chi connectivity index (χ1v) is 6.88. The van der Waals surface area contributed by atoms with Gasteiger partial charge in [-0.1, -0.05) is 33.1 Å². The maximum absolute atomic E-state index is 12.0. The second kappa shape index (κ2) is 8.25. The molecule has 0 aliphatic carbocycles. The monoisotopic (exact) mass is 259 g/mol. The molecular formula is C15H21N3O. The molecule has 0 spiro atoms. The molecule has 4 heteroatoms. The highest BCUT2D eigenvalue weighted by molar-refractivity contribution is 5.92. The molecule has 1 unspecified atom stereocenters. The first-order chi connectivity index (χ1) is 9.21. The Morgan fingerprint density at radius 1 is 1.37 bits per heavy atom. The highest BCUT2D eigenvalue weighted by atomic mass is 16.1. The molecule has 1 rings (SSSR count). The van der Waals surface area contributed by atoms with Crippen molar-refractivity contribution in [1.29, 1.82) is 5.26 Å². The van der Waals surface area contributed by atoms with Crippen LogP contribution in [0.3, 0.4) is 0 Å². The van der Waals surface area contributed by atoms with Gasteiger partial charge in [-0.3, -0.25) is 4.79 Å². The largest absolute Gasteiger partial charge is 0.348 e. The van der Waals surface area contributed by atoms with Crippen molar-refractivity contribution in [2.45, 2.75) is 52.0 Å². The lowest BCUT2D eigenvalue weighted by Crippen LogP contribution is -2.35. The van der Waals surface area contributed by atoms with Crippen LogP contribution < -0.4 is 5.32 Å². The van der Waals surface area contributed by atoms with E-state index in [0.29, 0.717) is 11.3 Å². The predicted molar refractivity (Wildman–Crippen MR) is 74.6 cm³/mol. The zero-order valence-electron chi connectivity index (χ0n) is 11.6. The van der Waals surface area contributed by atoms with Crippen LogP contribution in [0, 0.1) is 11.3 Å². The van der Waals surface area contributed by atoms with Crippen molar-refractivity contribution < 1.29 is 4.79 Å². The van der Waals surface area contributed by atoms with Crippen molar-refractivity contribution in [3.05, 3.63) is 29.6 Å². The number of carbonyl (C=O) groups excluding carboxylic acids is 1. The molecule has 1 aromatic rings. The van der Waals surface area contributed by atoms with Crippen LogP contribution in [-0.4, -0.2) is 16.9 Å². The second-order valence-corrected chi connectivity index (χ2v) is 4.65. The third kappa shape index (κ3) is 5.09. The lowest BCUT2D eigenvalue weighted by Gasteiger charge is -2.17. The number of carbonyl (C=O) groups is 1. The SMILES string of the molecule is CCCCC(CCC)NC(=O)c1ccc(C#N)cn1. The smallest absolute Gasteiger partial charge is 0.270 e. The first kappa shape index (κ1) is 15.2. The number of unbranched alkanes of at least 4 members (excludes halogenated alkanes) is 1. The molecule has 1 atom stereocenters. The van der Waals surface area contributed by atoms with Gasteiger partial charge in [-0.25, -0.2) is 4.98 Å². The van der Waals surface area contributed by atoms with E-state index in [-0.39, 0.29) is 11.9 Å². The Hall–Kier alpha value is -1.89. The van der Waals surface area contributed by atoms with Gasteiger partial charge >= 0.3 is 0 Å². The van der Waals surface area contributed by atoms with Crippen LogP contribution in [0.1, 0.15) is 62.0 Å². The van der Waals surface area contributed by atoms with Gasteiger partial charge in [-0.05, 0) is 25.0 Å². The van der Waals surface area contributed by atoms with Crippen LogP contribution in [-0.2, 0) is 0 Å². The lowest BCUT2D eigenvalue weighted by atomic mass is 10.0. The molecule has 0 fully saturated rings. The van der Waals surface area contributed by atoms with Gasteiger partial charge in [0.1, 0.15) is 11.8 Å². The summed E-state index contributed by atoms with van der Waals surface area (Å²) in [6.45, 7) is 4.26. The third-order valence-corrected chi connectivity index (χ3v) is 3.00. The number of nitrogens with one attached hydrogen (secondary N) is 1. The Labute approximate surface area is 114 Å². The van der Waals surface area contributed by atoms with E-state index in [9.17, 15) is 4.79 Å². The maximum atomic E-state index is 12.0. The van der Waals surface area contributed by atoms with E-state index in [1.165, 1.54) is 6.20 Å². The Morgan fingerprint density at radius 2 is 2.16 bits per heavy atom. The molecule has 4 nitrogen and oxygen atoms in total. The lowest BCUT2D eigenvalue weighted by molar-refractivity contribution is 0.0927. The van der Waals surface area contributed by atoms with Crippen LogP contribution in [0.25, 0.3) is 0 Å². The van der Waals surface area contributed by atoms with Crippen LogP contribution in [0.4, 0.5) is 0 Å². The van der Waals surface area contributed by atoms with Crippen molar-refractivity contribution in [3.63, 3.8) is 0 Å². The van der Waals surface area contributed by atoms with Crippen molar-refractivity contribution in [3.8, 4) is 6.07 Å². The van der Waals surface area contributed by atoms with Gasteiger partial charge in [-0.15, -0.1) is 0 Å². The van der Waals surface area contributed by atoms with Crippen molar-refractivity contribution in [2.24, 2.45) is 0 Å². The van der Waals surface area contributed by atoms with E-state index in [2.05, 4.69) is 24.1 Å². The van der Waals surface area contributed by atoms with Gasteiger partial charge in [0.05, 0.1) is 5.56 Å². The van der Waals surface area contributed by atoms with Crippen LogP contribution in [0.5, 0.6) is 0 Å². The molecule has 0 bridgehead atoms. The van der Waals surface area contributed by atoms with Gasteiger partial charge < -0.3 is 5.32 Å². The Kier molecular flexibility index (Phi) is 6.59. The van der Waals surface area contributed by atoms with Gasteiger partial charge in [0.15, 0.2) is 0 Å². The fourth-order valence-corrected chi connectivity index (χ4v) is 1.94. The number of pyridine rings is 1.